The molecule has 20 heavy (non-hydrogen) atoms. The van der Waals surface area contributed by atoms with Crippen LogP contribution in [-0.2, 0) is 0 Å². The number of nitrogens with one attached hydrogen (secondary N) is 1. The van der Waals surface area contributed by atoms with Crippen molar-refractivity contribution in [3.63, 3.8) is 0 Å². The van der Waals surface area contributed by atoms with Gasteiger partial charge in [0, 0.05) is 11.1 Å². The fourth-order valence-corrected chi connectivity index (χ4v) is 2.17. The van der Waals surface area contributed by atoms with E-state index in [4.69, 9.17) is 16.3 Å². The van der Waals surface area contributed by atoms with Crippen LogP contribution in [0.25, 0.3) is 0 Å². The van der Waals surface area contributed by atoms with E-state index in [0.29, 0.717) is 11.1 Å². The molecule has 0 aliphatic rings. The highest BCUT2D eigenvalue weighted by Crippen LogP contribution is 2.26. The summed E-state index contributed by atoms with van der Waals surface area (Å²) in [4.78, 5) is 0. The Bertz CT molecular complexity index is 556. The quantitative estimate of drug-likeness (QED) is 0.790. The van der Waals surface area contributed by atoms with Crippen molar-refractivity contribution in [1.82, 2.24) is 5.32 Å². The number of ether oxygens (including phenoxy) is 1. The van der Waals surface area contributed by atoms with E-state index in [1.54, 1.807) is 0 Å². The van der Waals surface area contributed by atoms with Crippen LogP contribution in [0, 0.1) is 0 Å². The van der Waals surface area contributed by atoms with Gasteiger partial charge in [-0.2, -0.15) is 0 Å². The van der Waals surface area contributed by atoms with Crippen molar-refractivity contribution in [3.8, 4) is 11.5 Å². The zero-order valence-electron chi connectivity index (χ0n) is 11.9. The van der Waals surface area contributed by atoms with Crippen molar-refractivity contribution in [2.75, 3.05) is 6.54 Å². The molecule has 0 fully saturated rings. The van der Waals surface area contributed by atoms with Crippen molar-refractivity contribution in [3.05, 3.63) is 59.1 Å². The van der Waals surface area contributed by atoms with Gasteiger partial charge < -0.3 is 10.1 Å². The van der Waals surface area contributed by atoms with Crippen LogP contribution in [0.1, 0.15) is 31.9 Å². The molecule has 0 amide bonds. The molecule has 0 bridgehead atoms. The van der Waals surface area contributed by atoms with Crippen LogP contribution < -0.4 is 10.1 Å². The topological polar surface area (TPSA) is 21.3 Å². The maximum atomic E-state index is 5.96. The van der Waals surface area contributed by atoms with Crippen LogP contribution in [0.2, 0.25) is 5.02 Å². The fraction of sp³-hybridized carbons (Fsp3) is 0.294. The Balaban J connectivity index is 2.09. The molecule has 2 aromatic rings. The van der Waals surface area contributed by atoms with Gasteiger partial charge in [-0.15, -0.1) is 0 Å². The third kappa shape index (κ3) is 4.26. The second-order valence-corrected chi connectivity index (χ2v) is 5.24. The first-order chi connectivity index (χ1) is 9.69. The van der Waals surface area contributed by atoms with Crippen molar-refractivity contribution in [2.24, 2.45) is 0 Å². The Kier molecular flexibility index (Phi) is 5.45. The summed E-state index contributed by atoms with van der Waals surface area (Å²) in [6, 6.07) is 15.9. The molecule has 1 unspecified atom stereocenters. The minimum Gasteiger partial charge on any atom is -0.457 e. The van der Waals surface area contributed by atoms with Gasteiger partial charge in [-0.25, -0.2) is 0 Å². The summed E-state index contributed by atoms with van der Waals surface area (Å²) in [7, 11) is 0. The van der Waals surface area contributed by atoms with E-state index in [1.807, 2.05) is 36.4 Å². The highest BCUT2D eigenvalue weighted by Gasteiger charge is 2.06. The maximum Gasteiger partial charge on any atom is 0.128 e. The number of hydrogen-bond donors (Lipinski definition) is 1. The Morgan fingerprint density at radius 3 is 2.50 bits per heavy atom. The highest BCUT2D eigenvalue weighted by atomic mass is 35.5. The summed E-state index contributed by atoms with van der Waals surface area (Å²) in [5, 5.41) is 4.15. The van der Waals surface area contributed by atoms with Gasteiger partial charge in [-0.1, -0.05) is 36.7 Å². The minimum absolute atomic E-state index is 0.317. The smallest absolute Gasteiger partial charge is 0.128 e. The van der Waals surface area contributed by atoms with Crippen molar-refractivity contribution in [2.45, 2.75) is 26.3 Å². The molecule has 0 spiro atoms. The number of hydrogen-bond acceptors (Lipinski definition) is 2. The van der Waals surface area contributed by atoms with E-state index in [9.17, 15) is 0 Å². The lowest BCUT2D eigenvalue weighted by molar-refractivity contribution is 0.479. The monoisotopic (exact) mass is 289 g/mol. The lowest BCUT2D eigenvalue weighted by Crippen LogP contribution is -2.19. The SMILES string of the molecule is CCCNC(C)c1cccc(Oc2cccc(Cl)c2)c1. The third-order valence-electron chi connectivity index (χ3n) is 3.09. The Hall–Kier alpha value is -1.51. The molecule has 2 rings (SSSR count). The van der Waals surface area contributed by atoms with E-state index in [2.05, 4.69) is 31.3 Å². The average Bonchev–Trinajstić information content (AvgIpc) is 2.45. The van der Waals surface area contributed by atoms with Crippen molar-refractivity contribution >= 4 is 11.6 Å². The number of rotatable bonds is 6. The zero-order valence-corrected chi connectivity index (χ0v) is 12.7. The van der Waals surface area contributed by atoms with Crippen molar-refractivity contribution in [1.29, 1.82) is 0 Å². The summed E-state index contributed by atoms with van der Waals surface area (Å²) in [5.41, 5.74) is 1.22. The molecule has 0 radical (unpaired) electrons. The second kappa shape index (κ2) is 7.32. The molecular weight excluding hydrogens is 270 g/mol. The minimum atomic E-state index is 0.317. The summed E-state index contributed by atoms with van der Waals surface area (Å²) in [6.07, 6.45) is 1.13. The molecule has 1 N–H and O–H groups in total. The fourth-order valence-electron chi connectivity index (χ4n) is 1.99. The summed E-state index contributed by atoms with van der Waals surface area (Å²) in [5.74, 6) is 1.58. The van der Waals surface area contributed by atoms with Crippen molar-refractivity contribution < 1.29 is 4.74 Å². The predicted molar refractivity (Wildman–Crippen MR) is 84.7 cm³/mol. The van der Waals surface area contributed by atoms with Gasteiger partial charge in [0.25, 0.3) is 0 Å². The summed E-state index contributed by atoms with van der Waals surface area (Å²) >= 11 is 5.96. The Morgan fingerprint density at radius 1 is 1.10 bits per heavy atom. The maximum absolute atomic E-state index is 5.96. The molecule has 0 saturated heterocycles. The highest BCUT2D eigenvalue weighted by molar-refractivity contribution is 6.30. The van der Waals surface area contributed by atoms with Crippen LogP contribution in [0.4, 0.5) is 0 Å². The summed E-state index contributed by atoms with van der Waals surface area (Å²) < 4.78 is 5.84. The molecule has 0 saturated carbocycles. The van der Waals surface area contributed by atoms with E-state index < -0.39 is 0 Å². The van der Waals surface area contributed by atoms with Crippen LogP contribution in [0.15, 0.2) is 48.5 Å². The standard InChI is InChI=1S/C17H20ClNO/c1-3-10-19-13(2)14-6-4-8-16(11-14)20-17-9-5-7-15(18)12-17/h4-9,11-13,19H,3,10H2,1-2H3. The molecule has 0 aromatic heterocycles. The normalized spacial score (nSPS) is 12.2. The van der Waals surface area contributed by atoms with E-state index in [0.717, 1.165) is 24.5 Å². The van der Waals surface area contributed by atoms with E-state index >= 15 is 0 Å². The largest absolute Gasteiger partial charge is 0.457 e. The number of benzene rings is 2. The molecule has 2 nitrogen and oxygen atoms in total. The van der Waals surface area contributed by atoms with Gasteiger partial charge in [-0.05, 0) is 55.8 Å². The van der Waals surface area contributed by atoms with E-state index in [1.165, 1.54) is 5.56 Å². The molecule has 0 aliphatic carbocycles. The Morgan fingerprint density at radius 2 is 1.80 bits per heavy atom. The van der Waals surface area contributed by atoms with Crippen LogP contribution in [0.5, 0.6) is 11.5 Å². The zero-order chi connectivity index (χ0) is 14.4. The predicted octanol–water partition coefficient (Wildman–Crippen LogP) is 5.19. The van der Waals surface area contributed by atoms with Gasteiger partial charge in [0.1, 0.15) is 11.5 Å². The molecular formula is C17H20ClNO. The molecule has 0 heterocycles. The van der Waals surface area contributed by atoms with Crippen LogP contribution >= 0.6 is 11.6 Å². The first kappa shape index (κ1) is 14.9. The molecule has 0 aliphatic heterocycles. The first-order valence-corrected chi connectivity index (χ1v) is 7.33. The molecule has 3 heteroatoms. The molecule has 2 aromatic carbocycles. The third-order valence-corrected chi connectivity index (χ3v) is 3.33. The number of halogens is 1. The first-order valence-electron chi connectivity index (χ1n) is 6.96. The van der Waals surface area contributed by atoms with Gasteiger partial charge in [0.15, 0.2) is 0 Å². The lowest BCUT2D eigenvalue weighted by Gasteiger charge is -2.15. The average molecular weight is 290 g/mol. The molecule has 106 valence electrons. The van der Waals surface area contributed by atoms with Gasteiger partial charge >= 0.3 is 0 Å². The Labute approximate surface area is 125 Å². The summed E-state index contributed by atoms with van der Waals surface area (Å²) in [6.45, 7) is 5.34. The van der Waals surface area contributed by atoms with Gasteiger partial charge in [0.2, 0.25) is 0 Å². The molecule has 1 atom stereocenters. The van der Waals surface area contributed by atoms with Crippen LogP contribution in [-0.4, -0.2) is 6.54 Å². The lowest BCUT2D eigenvalue weighted by atomic mass is 10.1. The van der Waals surface area contributed by atoms with Gasteiger partial charge in [-0.3, -0.25) is 0 Å². The second-order valence-electron chi connectivity index (χ2n) is 4.81. The van der Waals surface area contributed by atoms with E-state index in [-0.39, 0.29) is 0 Å². The van der Waals surface area contributed by atoms with Crippen LogP contribution in [0.3, 0.4) is 0 Å². The van der Waals surface area contributed by atoms with Gasteiger partial charge in [0.05, 0.1) is 0 Å².